The van der Waals surface area contributed by atoms with Crippen LogP contribution in [-0.2, 0) is 16.1 Å². The second-order valence-corrected chi connectivity index (χ2v) is 3.05. The van der Waals surface area contributed by atoms with Gasteiger partial charge < -0.3 is 5.73 Å². The molecule has 72 valence electrons. The number of benzene rings is 1. The second-order valence-electron chi connectivity index (χ2n) is 3.05. The molecular weight excluding hydrogens is 180 g/mol. The van der Waals surface area contributed by atoms with E-state index in [4.69, 9.17) is 10.6 Å². The molecule has 0 spiro atoms. The molecule has 0 unspecified atom stereocenters. The highest BCUT2D eigenvalue weighted by molar-refractivity contribution is 5.76. The van der Waals surface area contributed by atoms with Crippen LogP contribution in [0.1, 0.15) is 5.56 Å². The topological polar surface area (TPSA) is 55.6 Å². The van der Waals surface area contributed by atoms with Crippen molar-refractivity contribution in [3.05, 3.63) is 29.5 Å². The van der Waals surface area contributed by atoms with Crippen molar-refractivity contribution in [1.29, 1.82) is 0 Å². The number of anilines is 2. The van der Waals surface area contributed by atoms with Crippen molar-refractivity contribution in [2.75, 3.05) is 17.9 Å². The third-order valence-electron chi connectivity index (χ3n) is 2.30. The Labute approximate surface area is 81.5 Å². The molecule has 0 saturated heterocycles. The summed E-state index contributed by atoms with van der Waals surface area (Å²) in [5.74, 6) is 1.85. The van der Waals surface area contributed by atoms with Crippen molar-refractivity contribution in [3.8, 4) is 0 Å². The van der Waals surface area contributed by atoms with Gasteiger partial charge in [-0.05, 0) is 12.1 Å². The van der Waals surface area contributed by atoms with Crippen LogP contribution in [0.15, 0.2) is 23.9 Å². The molecule has 4 heteroatoms. The Morgan fingerprint density at radius 3 is 3.00 bits per heavy atom. The highest BCUT2D eigenvalue weighted by Crippen LogP contribution is 2.36. The number of rotatable bonds is 1. The van der Waals surface area contributed by atoms with Crippen molar-refractivity contribution in [3.63, 3.8) is 0 Å². The van der Waals surface area contributed by atoms with Gasteiger partial charge in [0.2, 0.25) is 0 Å². The first kappa shape index (κ1) is 8.81. The highest BCUT2D eigenvalue weighted by Gasteiger charge is 2.26. The molecule has 0 aromatic heterocycles. The standard InChI is InChI=1S/C10H10N2O2/c1-14-12-7(6-13)5-8-9(11)3-2-4-10(8)12/h2-4H,5,11H2,1H3. The van der Waals surface area contributed by atoms with Gasteiger partial charge in [0.1, 0.15) is 11.6 Å². The molecule has 2 rings (SSSR count). The minimum atomic E-state index is 0.459. The fraction of sp³-hybridized carbons (Fsp3) is 0.200. The third-order valence-corrected chi connectivity index (χ3v) is 2.30. The normalized spacial score (nSPS) is 14.1. The minimum Gasteiger partial charge on any atom is -0.398 e. The Morgan fingerprint density at radius 2 is 2.36 bits per heavy atom. The number of nitrogen functional groups attached to an aromatic ring is 1. The number of nitrogens with two attached hydrogens (primary N) is 1. The van der Waals surface area contributed by atoms with Crippen LogP contribution in [0.3, 0.4) is 0 Å². The maximum atomic E-state index is 10.6. The van der Waals surface area contributed by atoms with Crippen LogP contribution < -0.4 is 10.8 Å². The zero-order chi connectivity index (χ0) is 10.1. The van der Waals surface area contributed by atoms with Gasteiger partial charge in [-0.15, -0.1) is 0 Å². The zero-order valence-electron chi connectivity index (χ0n) is 7.78. The number of nitrogens with zero attached hydrogens (tertiary/aromatic N) is 1. The van der Waals surface area contributed by atoms with Gasteiger partial charge >= 0.3 is 0 Å². The average molecular weight is 190 g/mol. The van der Waals surface area contributed by atoms with Crippen LogP contribution >= 0.6 is 0 Å². The largest absolute Gasteiger partial charge is 0.398 e. The van der Waals surface area contributed by atoms with Crippen LogP contribution in [0.2, 0.25) is 0 Å². The number of carbonyl (C=O) groups excluding carboxylic acids is 1. The molecule has 0 radical (unpaired) electrons. The monoisotopic (exact) mass is 190 g/mol. The average Bonchev–Trinajstić information content (AvgIpc) is 2.57. The van der Waals surface area contributed by atoms with E-state index in [0.717, 1.165) is 11.3 Å². The lowest BCUT2D eigenvalue weighted by atomic mass is 10.1. The Kier molecular flexibility index (Phi) is 2.00. The highest BCUT2D eigenvalue weighted by atomic mass is 16.7. The summed E-state index contributed by atoms with van der Waals surface area (Å²) in [4.78, 5) is 15.7. The maximum absolute atomic E-state index is 10.6. The molecule has 0 amide bonds. The lowest BCUT2D eigenvalue weighted by molar-refractivity contribution is 0.192. The van der Waals surface area contributed by atoms with Crippen LogP contribution in [-0.4, -0.2) is 13.1 Å². The number of allylic oxidation sites excluding steroid dienone is 1. The number of fused-ring (bicyclic) bond motifs is 1. The molecular formula is C10H10N2O2. The Hall–Kier alpha value is -1.77. The number of hydrogen-bond donors (Lipinski definition) is 1. The first-order valence-electron chi connectivity index (χ1n) is 4.23. The lowest BCUT2D eigenvalue weighted by Crippen LogP contribution is -2.16. The molecule has 0 fully saturated rings. The molecule has 2 N–H and O–H groups in total. The molecule has 1 aromatic carbocycles. The van der Waals surface area contributed by atoms with Crippen molar-refractivity contribution < 1.29 is 9.63 Å². The molecule has 1 aromatic rings. The molecule has 0 bridgehead atoms. The predicted octanol–water partition coefficient (Wildman–Crippen LogP) is 0.908. The van der Waals surface area contributed by atoms with E-state index in [1.165, 1.54) is 12.2 Å². The molecule has 1 heterocycles. The fourth-order valence-electron chi connectivity index (χ4n) is 1.65. The summed E-state index contributed by atoms with van der Waals surface area (Å²) in [6.45, 7) is 0. The molecule has 4 nitrogen and oxygen atoms in total. The zero-order valence-corrected chi connectivity index (χ0v) is 7.78. The SMILES string of the molecule is CON1C(=C=O)Cc2c(N)cccc21. The first-order valence-corrected chi connectivity index (χ1v) is 4.23. The Morgan fingerprint density at radius 1 is 1.57 bits per heavy atom. The Bertz CT molecular complexity index is 422. The van der Waals surface area contributed by atoms with E-state index in [1.807, 2.05) is 18.1 Å². The van der Waals surface area contributed by atoms with Gasteiger partial charge in [-0.3, -0.25) is 4.84 Å². The van der Waals surface area contributed by atoms with E-state index in [1.54, 1.807) is 6.07 Å². The van der Waals surface area contributed by atoms with Crippen LogP contribution in [0.4, 0.5) is 11.4 Å². The summed E-state index contributed by atoms with van der Waals surface area (Å²) < 4.78 is 0. The molecule has 0 atom stereocenters. The van der Waals surface area contributed by atoms with E-state index in [2.05, 4.69) is 0 Å². The summed E-state index contributed by atoms with van der Waals surface area (Å²) in [7, 11) is 1.51. The predicted molar refractivity (Wildman–Crippen MR) is 53.3 cm³/mol. The molecule has 14 heavy (non-hydrogen) atoms. The minimum absolute atomic E-state index is 0.459. The first-order chi connectivity index (χ1) is 6.77. The lowest BCUT2D eigenvalue weighted by Gasteiger charge is -2.15. The molecule has 0 aliphatic carbocycles. The van der Waals surface area contributed by atoms with Gasteiger partial charge in [0.15, 0.2) is 0 Å². The van der Waals surface area contributed by atoms with Crippen molar-refractivity contribution >= 4 is 17.3 Å². The maximum Gasteiger partial charge on any atom is 0.148 e. The summed E-state index contributed by atoms with van der Waals surface area (Å²) in [5, 5.41) is 1.46. The van der Waals surface area contributed by atoms with E-state index >= 15 is 0 Å². The summed E-state index contributed by atoms with van der Waals surface area (Å²) in [6.07, 6.45) is 0.485. The quantitative estimate of drug-likeness (QED) is 0.528. The molecule has 1 aliphatic heterocycles. The number of hydrogen-bond acceptors (Lipinski definition) is 4. The van der Waals surface area contributed by atoms with E-state index in [9.17, 15) is 4.79 Å². The van der Waals surface area contributed by atoms with Gasteiger partial charge in [-0.1, -0.05) is 6.07 Å². The van der Waals surface area contributed by atoms with E-state index < -0.39 is 0 Å². The summed E-state index contributed by atoms with van der Waals surface area (Å²) in [6, 6.07) is 5.49. The summed E-state index contributed by atoms with van der Waals surface area (Å²) >= 11 is 0. The summed E-state index contributed by atoms with van der Waals surface area (Å²) in [5.41, 5.74) is 8.66. The second kappa shape index (κ2) is 3.18. The van der Waals surface area contributed by atoms with Crippen LogP contribution in [0.25, 0.3) is 0 Å². The smallest absolute Gasteiger partial charge is 0.148 e. The van der Waals surface area contributed by atoms with Gasteiger partial charge in [-0.2, -0.15) is 0 Å². The van der Waals surface area contributed by atoms with Crippen molar-refractivity contribution in [1.82, 2.24) is 0 Å². The fourth-order valence-corrected chi connectivity index (χ4v) is 1.65. The van der Waals surface area contributed by atoms with E-state index in [-0.39, 0.29) is 0 Å². The van der Waals surface area contributed by atoms with Crippen LogP contribution in [0, 0.1) is 0 Å². The van der Waals surface area contributed by atoms with E-state index in [0.29, 0.717) is 17.8 Å². The molecule has 0 saturated carbocycles. The van der Waals surface area contributed by atoms with Gasteiger partial charge in [0.05, 0.1) is 12.8 Å². The van der Waals surface area contributed by atoms with Gasteiger partial charge in [0.25, 0.3) is 0 Å². The van der Waals surface area contributed by atoms with Crippen molar-refractivity contribution in [2.24, 2.45) is 0 Å². The van der Waals surface area contributed by atoms with Gasteiger partial charge in [0, 0.05) is 17.7 Å². The third kappa shape index (κ3) is 1.09. The Balaban J connectivity index is 2.58. The van der Waals surface area contributed by atoms with Crippen LogP contribution in [0.5, 0.6) is 0 Å². The van der Waals surface area contributed by atoms with Gasteiger partial charge in [-0.25, -0.2) is 9.86 Å². The van der Waals surface area contributed by atoms with Crippen molar-refractivity contribution in [2.45, 2.75) is 6.42 Å². The number of hydroxylamine groups is 1. The molecule has 1 aliphatic rings.